The highest BCUT2D eigenvalue weighted by molar-refractivity contribution is 5.95. The number of nitrogens with zero attached hydrogens (tertiary/aromatic N) is 1. The fourth-order valence-corrected chi connectivity index (χ4v) is 3.39. The lowest BCUT2D eigenvalue weighted by molar-refractivity contribution is -0.385. The SMILES string of the molecule is CCOc1ccccc1Oc1c(C(F)(F)F)oc2cc(OC(=O)c3ccccc3[N+](=O)[O-])ccc2c1=O. The summed E-state index contributed by atoms with van der Waals surface area (Å²) in [6, 6.07) is 14.0. The van der Waals surface area contributed by atoms with Gasteiger partial charge >= 0.3 is 12.1 Å². The van der Waals surface area contributed by atoms with Crippen LogP contribution in [-0.4, -0.2) is 17.5 Å². The van der Waals surface area contributed by atoms with Crippen LogP contribution in [0.2, 0.25) is 0 Å². The summed E-state index contributed by atoms with van der Waals surface area (Å²) in [5.74, 6) is -4.25. The normalized spacial score (nSPS) is 11.2. The van der Waals surface area contributed by atoms with Gasteiger partial charge in [-0.1, -0.05) is 24.3 Å². The molecule has 0 amide bonds. The molecule has 0 saturated carbocycles. The van der Waals surface area contributed by atoms with Crippen LogP contribution in [-0.2, 0) is 6.18 Å². The molecule has 0 aliphatic rings. The lowest BCUT2D eigenvalue weighted by atomic mass is 10.1. The van der Waals surface area contributed by atoms with E-state index in [1.165, 1.54) is 30.3 Å². The molecule has 0 unspecified atom stereocenters. The average molecular weight is 515 g/mol. The summed E-state index contributed by atoms with van der Waals surface area (Å²) in [5, 5.41) is 10.9. The summed E-state index contributed by atoms with van der Waals surface area (Å²) >= 11 is 0. The van der Waals surface area contributed by atoms with Gasteiger partial charge in [-0.25, -0.2) is 4.79 Å². The predicted molar refractivity (Wildman–Crippen MR) is 123 cm³/mol. The van der Waals surface area contributed by atoms with Crippen molar-refractivity contribution in [2.45, 2.75) is 13.1 Å². The summed E-state index contributed by atoms with van der Waals surface area (Å²) in [7, 11) is 0. The Hall–Kier alpha value is -4.87. The van der Waals surface area contributed by atoms with Gasteiger partial charge in [-0.2, -0.15) is 13.2 Å². The van der Waals surface area contributed by atoms with Crippen molar-refractivity contribution in [3.05, 3.63) is 98.4 Å². The zero-order valence-electron chi connectivity index (χ0n) is 18.9. The molecule has 4 rings (SSSR count). The number of benzene rings is 3. The van der Waals surface area contributed by atoms with Crippen molar-refractivity contribution in [2.24, 2.45) is 0 Å². The number of carbonyl (C=O) groups is 1. The number of fused-ring (bicyclic) bond motifs is 1. The first kappa shape index (κ1) is 25.2. The van der Waals surface area contributed by atoms with Crippen LogP contribution < -0.4 is 19.6 Å². The highest BCUT2D eigenvalue weighted by atomic mass is 19.4. The second-order valence-corrected chi connectivity index (χ2v) is 7.39. The molecule has 0 atom stereocenters. The van der Waals surface area contributed by atoms with E-state index in [9.17, 15) is 32.9 Å². The molecule has 1 heterocycles. The molecule has 190 valence electrons. The zero-order chi connectivity index (χ0) is 26.7. The maximum absolute atomic E-state index is 13.9. The van der Waals surface area contributed by atoms with E-state index in [1.807, 2.05) is 0 Å². The smallest absolute Gasteiger partial charge is 0.453 e. The van der Waals surface area contributed by atoms with Crippen LogP contribution in [0.15, 0.2) is 75.9 Å². The molecule has 1 aromatic heterocycles. The summed E-state index contributed by atoms with van der Waals surface area (Å²) in [6.45, 7) is 1.87. The van der Waals surface area contributed by atoms with Crippen molar-refractivity contribution < 1.29 is 41.5 Å². The van der Waals surface area contributed by atoms with Crippen molar-refractivity contribution in [3.63, 3.8) is 0 Å². The predicted octanol–water partition coefficient (Wildman–Crippen LogP) is 6.13. The summed E-state index contributed by atoms with van der Waals surface area (Å²) in [6.07, 6.45) is -5.12. The Morgan fingerprint density at radius 2 is 1.70 bits per heavy atom. The van der Waals surface area contributed by atoms with Crippen molar-refractivity contribution in [3.8, 4) is 23.0 Å². The quantitative estimate of drug-likeness (QED) is 0.125. The molecule has 0 bridgehead atoms. The van der Waals surface area contributed by atoms with Crippen molar-refractivity contribution in [1.29, 1.82) is 0 Å². The molecule has 37 heavy (non-hydrogen) atoms. The second kappa shape index (κ2) is 10.0. The molecule has 0 fully saturated rings. The van der Waals surface area contributed by atoms with E-state index in [2.05, 4.69) is 0 Å². The van der Waals surface area contributed by atoms with Crippen LogP contribution >= 0.6 is 0 Å². The monoisotopic (exact) mass is 515 g/mol. The number of nitro groups is 1. The maximum Gasteiger partial charge on any atom is 0.453 e. The third kappa shape index (κ3) is 5.22. The number of ether oxygens (including phenoxy) is 3. The molecule has 0 spiro atoms. The molecule has 3 aromatic carbocycles. The van der Waals surface area contributed by atoms with Gasteiger partial charge in [0.05, 0.1) is 16.9 Å². The Morgan fingerprint density at radius 3 is 2.38 bits per heavy atom. The molecule has 4 aromatic rings. The number of rotatable bonds is 7. The average Bonchev–Trinajstić information content (AvgIpc) is 2.86. The van der Waals surface area contributed by atoms with Gasteiger partial charge in [0.1, 0.15) is 16.9 Å². The topological polar surface area (TPSA) is 118 Å². The number of hydrogen-bond acceptors (Lipinski definition) is 8. The molecule has 0 saturated heterocycles. The first-order valence-corrected chi connectivity index (χ1v) is 10.6. The van der Waals surface area contributed by atoms with Gasteiger partial charge in [-0.3, -0.25) is 14.9 Å². The first-order chi connectivity index (χ1) is 17.6. The number of esters is 1. The molecule has 0 N–H and O–H groups in total. The molecular weight excluding hydrogens is 499 g/mol. The van der Waals surface area contributed by atoms with Crippen LogP contribution in [0.5, 0.6) is 23.0 Å². The minimum absolute atomic E-state index is 0.120. The lowest BCUT2D eigenvalue weighted by Gasteiger charge is -2.15. The van der Waals surface area contributed by atoms with Crippen LogP contribution in [0.3, 0.4) is 0 Å². The fraction of sp³-hybridized carbons (Fsp3) is 0.120. The van der Waals surface area contributed by atoms with E-state index in [-0.39, 0.29) is 34.8 Å². The van der Waals surface area contributed by atoms with Gasteiger partial charge in [-0.05, 0) is 37.3 Å². The van der Waals surface area contributed by atoms with Gasteiger partial charge in [0.15, 0.2) is 11.5 Å². The number of nitro benzene ring substituents is 1. The van der Waals surface area contributed by atoms with Gasteiger partial charge in [0.25, 0.3) is 11.4 Å². The summed E-state index contributed by atoms with van der Waals surface area (Å²) in [5.41, 5.74) is -2.57. The largest absolute Gasteiger partial charge is 0.490 e. The van der Waals surface area contributed by atoms with E-state index < -0.39 is 45.3 Å². The molecule has 9 nitrogen and oxygen atoms in total. The minimum Gasteiger partial charge on any atom is -0.490 e. The van der Waals surface area contributed by atoms with E-state index >= 15 is 0 Å². The van der Waals surface area contributed by atoms with E-state index in [0.717, 1.165) is 30.3 Å². The number of carbonyl (C=O) groups excluding carboxylic acids is 1. The molecule has 0 aliphatic heterocycles. The second-order valence-electron chi connectivity index (χ2n) is 7.39. The lowest BCUT2D eigenvalue weighted by Crippen LogP contribution is -2.16. The van der Waals surface area contributed by atoms with Crippen LogP contribution in [0.1, 0.15) is 23.0 Å². The van der Waals surface area contributed by atoms with Gasteiger partial charge < -0.3 is 18.6 Å². The standard InChI is InChI=1S/C25H16F3NO8/c1-2-34-18-9-5-6-10-19(18)36-22-21(30)16-12-11-14(13-20(16)37-23(22)25(26,27)28)35-24(31)15-7-3-4-8-17(15)29(32)33/h3-13H,2H2,1H3. The number of hydrogen-bond donors (Lipinski definition) is 0. The molecule has 0 aliphatic carbocycles. The van der Waals surface area contributed by atoms with Crippen molar-refractivity contribution >= 4 is 22.6 Å². The fourth-order valence-electron chi connectivity index (χ4n) is 3.39. The zero-order valence-corrected chi connectivity index (χ0v) is 18.9. The van der Waals surface area contributed by atoms with Gasteiger partial charge in [-0.15, -0.1) is 0 Å². The highest BCUT2D eigenvalue weighted by Gasteiger charge is 2.41. The Balaban J connectivity index is 1.77. The number of para-hydroxylation sites is 3. The maximum atomic E-state index is 13.9. The third-order valence-electron chi connectivity index (χ3n) is 4.97. The molecule has 0 radical (unpaired) electrons. The van der Waals surface area contributed by atoms with Crippen LogP contribution in [0.25, 0.3) is 11.0 Å². The van der Waals surface area contributed by atoms with Crippen molar-refractivity contribution in [1.82, 2.24) is 0 Å². The Kier molecular flexibility index (Phi) is 6.83. The molecule has 12 heteroatoms. The molecular formula is C25H16F3NO8. The summed E-state index contributed by atoms with van der Waals surface area (Å²) in [4.78, 5) is 35.9. The van der Waals surface area contributed by atoms with E-state index in [0.29, 0.717) is 0 Å². The third-order valence-corrected chi connectivity index (χ3v) is 4.97. The Bertz CT molecular complexity index is 1560. The highest BCUT2D eigenvalue weighted by Crippen LogP contribution is 2.40. The Morgan fingerprint density at radius 1 is 1.03 bits per heavy atom. The van der Waals surface area contributed by atoms with E-state index in [4.69, 9.17) is 18.6 Å². The summed E-state index contributed by atoms with van der Waals surface area (Å²) < 4.78 is 62.4. The minimum atomic E-state index is -5.12. The van der Waals surface area contributed by atoms with Gasteiger partial charge in [0, 0.05) is 12.1 Å². The van der Waals surface area contributed by atoms with Crippen LogP contribution in [0.4, 0.5) is 18.9 Å². The van der Waals surface area contributed by atoms with Crippen LogP contribution in [0, 0.1) is 10.1 Å². The number of halogens is 3. The Labute approximate surface area is 205 Å². The van der Waals surface area contributed by atoms with Gasteiger partial charge in [0.2, 0.25) is 11.2 Å². The van der Waals surface area contributed by atoms with Crippen molar-refractivity contribution in [2.75, 3.05) is 6.61 Å². The number of alkyl halides is 3. The van der Waals surface area contributed by atoms with E-state index in [1.54, 1.807) is 13.0 Å². The first-order valence-electron chi connectivity index (χ1n) is 10.6.